The van der Waals surface area contributed by atoms with Gasteiger partial charge in [-0.3, -0.25) is 0 Å². The Labute approximate surface area is 108 Å². The number of carbonyl (C=O) groups is 1. The zero-order valence-corrected chi connectivity index (χ0v) is 10.8. The molecule has 0 atom stereocenters. The number of unbranched alkanes of at least 4 members (excludes halogenated alkanes) is 3. The highest BCUT2D eigenvalue weighted by Gasteiger charge is 2.17. The van der Waals surface area contributed by atoms with Crippen LogP contribution in [0.15, 0.2) is 29.3 Å². The maximum Gasteiger partial charge on any atom is 0.334 e. The van der Waals surface area contributed by atoms with Crippen molar-refractivity contribution in [1.29, 1.82) is 0 Å². The van der Waals surface area contributed by atoms with Crippen molar-refractivity contribution in [2.24, 2.45) is 4.99 Å². The van der Waals surface area contributed by atoms with Gasteiger partial charge in [0.1, 0.15) is 6.54 Å². The number of ether oxygens (including phenoxy) is 1. The van der Waals surface area contributed by atoms with Gasteiger partial charge in [0.2, 0.25) is 5.90 Å². The highest BCUT2D eigenvalue weighted by molar-refractivity contribution is 6.04. The lowest BCUT2D eigenvalue weighted by molar-refractivity contribution is -0.132. The van der Waals surface area contributed by atoms with Crippen molar-refractivity contribution in [2.75, 3.05) is 6.54 Å². The lowest BCUT2D eigenvalue weighted by Gasteiger charge is -2.03. The van der Waals surface area contributed by atoms with Crippen LogP contribution in [0.3, 0.4) is 0 Å². The van der Waals surface area contributed by atoms with Crippen LogP contribution in [0.1, 0.15) is 43.7 Å². The number of esters is 1. The van der Waals surface area contributed by atoms with E-state index >= 15 is 0 Å². The van der Waals surface area contributed by atoms with E-state index in [9.17, 15) is 4.79 Å². The standard InChI is InChI=1S/C15H19NO2/c1-2-3-4-5-6-12-7-9-13(10-8-12)15-16-11-14(17)18-15/h7-10H,2-6,11H2,1H3. The molecule has 0 radical (unpaired) electrons. The first-order valence-corrected chi connectivity index (χ1v) is 6.64. The van der Waals surface area contributed by atoms with Crippen LogP contribution in [-0.4, -0.2) is 18.4 Å². The number of carbonyl (C=O) groups excluding carboxylic acids is 1. The Balaban J connectivity index is 1.87. The molecule has 1 aromatic rings. The zero-order chi connectivity index (χ0) is 12.8. The summed E-state index contributed by atoms with van der Waals surface area (Å²) in [7, 11) is 0. The summed E-state index contributed by atoms with van der Waals surface area (Å²) >= 11 is 0. The first kappa shape index (κ1) is 12.8. The van der Waals surface area contributed by atoms with Crippen LogP contribution in [0.4, 0.5) is 0 Å². The molecule has 3 nitrogen and oxygen atoms in total. The molecule has 1 aromatic carbocycles. The van der Waals surface area contributed by atoms with Crippen LogP contribution < -0.4 is 0 Å². The summed E-state index contributed by atoms with van der Waals surface area (Å²) in [6.07, 6.45) is 6.23. The summed E-state index contributed by atoms with van der Waals surface area (Å²) < 4.78 is 5.01. The van der Waals surface area contributed by atoms with Gasteiger partial charge in [-0.2, -0.15) is 0 Å². The molecule has 1 aliphatic heterocycles. The molecule has 0 spiro atoms. The van der Waals surface area contributed by atoms with E-state index in [1.54, 1.807) is 0 Å². The second kappa shape index (κ2) is 6.34. The van der Waals surface area contributed by atoms with E-state index in [0.717, 1.165) is 12.0 Å². The lowest BCUT2D eigenvalue weighted by atomic mass is 10.0. The molecule has 96 valence electrons. The topological polar surface area (TPSA) is 38.7 Å². The second-order valence-electron chi connectivity index (χ2n) is 4.60. The minimum absolute atomic E-state index is 0.147. The van der Waals surface area contributed by atoms with E-state index in [1.807, 2.05) is 12.1 Å². The number of hydrogen-bond donors (Lipinski definition) is 0. The molecule has 0 unspecified atom stereocenters. The molecule has 2 rings (SSSR count). The van der Waals surface area contributed by atoms with Crippen molar-refractivity contribution in [1.82, 2.24) is 0 Å². The van der Waals surface area contributed by atoms with Gasteiger partial charge in [-0.1, -0.05) is 38.3 Å². The van der Waals surface area contributed by atoms with Crippen molar-refractivity contribution >= 4 is 11.9 Å². The van der Waals surface area contributed by atoms with E-state index in [0.29, 0.717) is 5.90 Å². The molecule has 0 fully saturated rings. The van der Waals surface area contributed by atoms with Gasteiger partial charge in [0.15, 0.2) is 0 Å². The summed E-state index contributed by atoms with van der Waals surface area (Å²) in [4.78, 5) is 15.0. The molecule has 1 heterocycles. The summed E-state index contributed by atoms with van der Waals surface area (Å²) in [6.45, 7) is 2.37. The Hall–Kier alpha value is -1.64. The number of nitrogens with zero attached hydrogens (tertiary/aromatic N) is 1. The number of rotatable bonds is 6. The fourth-order valence-electron chi connectivity index (χ4n) is 2.03. The highest BCUT2D eigenvalue weighted by Crippen LogP contribution is 2.12. The molecule has 0 N–H and O–H groups in total. The van der Waals surface area contributed by atoms with Gasteiger partial charge < -0.3 is 4.74 Å². The normalized spacial score (nSPS) is 14.5. The Morgan fingerprint density at radius 2 is 1.94 bits per heavy atom. The molecule has 18 heavy (non-hydrogen) atoms. The van der Waals surface area contributed by atoms with E-state index in [1.165, 1.54) is 31.2 Å². The fourth-order valence-corrected chi connectivity index (χ4v) is 2.03. The number of benzene rings is 1. The van der Waals surface area contributed by atoms with Gasteiger partial charge in [-0.15, -0.1) is 0 Å². The molecule has 3 heteroatoms. The van der Waals surface area contributed by atoms with Crippen LogP contribution in [0.25, 0.3) is 0 Å². The zero-order valence-electron chi connectivity index (χ0n) is 10.8. The molecule has 0 bridgehead atoms. The third kappa shape index (κ3) is 3.42. The number of cyclic esters (lactones) is 1. The maximum atomic E-state index is 11.0. The van der Waals surface area contributed by atoms with Crippen molar-refractivity contribution in [2.45, 2.75) is 39.0 Å². The summed E-state index contributed by atoms with van der Waals surface area (Å²) in [5.74, 6) is 0.186. The van der Waals surface area contributed by atoms with Crippen LogP contribution in [0.2, 0.25) is 0 Å². The monoisotopic (exact) mass is 245 g/mol. The van der Waals surface area contributed by atoms with Crippen molar-refractivity contribution in [3.63, 3.8) is 0 Å². The Morgan fingerprint density at radius 3 is 2.56 bits per heavy atom. The summed E-state index contributed by atoms with van der Waals surface area (Å²) in [5.41, 5.74) is 2.22. The lowest BCUT2D eigenvalue weighted by Crippen LogP contribution is -2.05. The van der Waals surface area contributed by atoms with Gasteiger partial charge in [0, 0.05) is 5.56 Å². The number of hydrogen-bond acceptors (Lipinski definition) is 3. The fraction of sp³-hybridized carbons (Fsp3) is 0.467. The Bertz CT molecular complexity index is 434. The SMILES string of the molecule is CCCCCCc1ccc(C2=NCC(=O)O2)cc1. The highest BCUT2D eigenvalue weighted by atomic mass is 16.6. The molecule has 1 aliphatic rings. The van der Waals surface area contributed by atoms with E-state index in [-0.39, 0.29) is 12.5 Å². The third-order valence-corrected chi connectivity index (χ3v) is 3.08. The predicted molar refractivity (Wildman–Crippen MR) is 71.8 cm³/mol. The molecule has 0 saturated carbocycles. The van der Waals surface area contributed by atoms with Gasteiger partial charge in [0.25, 0.3) is 0 Å². The second-order valence-corrected chi connectivity index (χ2v) is 4.60. The summed E-state index contributed by atoms with van der Waals surface area (Å²) in [5, 5.41) is 0. The quantitative estimate of drug-likeness (QED) is 0.570. The van der Waals surface area contributed by atoms with Crippen LogP contribution in [0.5, 0.6) is 0 Å². The summed E-state index contributed by atoms with van der Waals surface area (Å²) in [6, 6.07) is 8.14. The molecule has 0 aromatic heterocycles. The average Bonchev–Trinajstić information content (AvgIpc) is 2.82. The average molecular weight is 245 g/mol. The van der Waals surface area contributed by atoms with Crippen LogP contribution in [-0.2, 0) is 16.0 Å². The number of aryl methyl sites for hydroxylation is 1. The van der Waals surface area contributed by atoms with E-state index in [2.05, 4.69) is 24.0 Å². The molecular weight excluding hydrogens is 226 g/mol. The Morgan fingerprint density at radius 1 is 1.17 bits per heavy atom. The van der Waals surface area contributed by atoms with Gasteiger partial charge in [0.05, 0.1) is 0 Å². The number of aliphatic imine (C=N–C) groups is 1. The van der Waals surface area contributed by atoms with Crippen LogP contribution >= 0.6 is 0 Å². The third-order valence-electron chi connectivity index (χ3n) is 3.08. The molecule has 0 saturated heterocycles. The first-order chi connectivity index (χ1) is 8.79. The largest absolute Gasteiger partial charge is 0.406 e. The van der Waals surface area contributed by atoms with Gasteiger partial charge in [-0.05, 0) is 30.5 Å². The minimum atomic E-state index is -0.270. The molecule has 0 amide bonds. The molecule has 0 aliphatic carbocycles. The Kier molecular flexibility index (Phi) is 4.51. The molecular formula is C15H19NO2. The van der Waals surface area contributed by atoms with Crippen molar-refractivity contribution in [3.05, 3.63) is 35.4 Å². The van der Waals surface area contributed by atoms with Gasteiger partial charge in [-0.25, -0.2) is 9.79 Å². The van der Waals surface area contributed by atoms with Crippen molar-refractivity contribution in [3.8, 4) is 0 Å². The first-order valence-electron chi connectivity index (χ1n) is 6.64. The smallest absolute Gasteiger partial charge is 0.334 e. The minimum Gasteiger partial charge on any atom is -0.406 e. The predicted octanol–water partition coefficient (Wildman–Crippen LogP) is 3.11. The van der Waals surface area contributed by atoms with Crippen molar-refractivity contribution < 1.29 is 9.53 Å². The van der Waals surface area contributed by atoms with Gasteiger partial charge >= 0.3 is 5.97 Å². The van der Waals surface area contributed by atoms with E-state index < -0.39 is 0 Å². The van der Waals surface area contributed by atoms with E-state index in [4.69, 9.17) is 4.74 Å². The van der Waals surface area contributed by atoms with Crippen LogP contribution in [0, 0.1) is 0 Å². The maximum absolute atomic E-state index is 11.0.